The lowest BCUT2D eigenvalue weighted by molar-refractivity contribution is -0.153. The fourth-order valence-electron chi connectivity index (χ4n) is 7.75. The van der Waals surface area contributed by atoms with E-state index in [0.717, 1.165) is 12.0 Å². The largest absolute Gasteiger partial charge is 0.395 e. The Hall–Kier alpha value is -2.49. The van der Waals surface area contributed by atoms with Crippen LogP contribution in [0, 0.1) is 17.3 Å². The molecule has 3 aliphatic heterocycles. The van der Waals surface area contributed by atoms with Crippen molar-refractivity contribution in [2.75, 3.05) is 26.2 Å². The fraction of sp³-hybridized carbons (Fsp3) is 0.606. The van der Waals surface area contributed by atoms with Crippen LogP contribution in [0.25, 0.3) is 0 Å². The minimum Gasteiger partial charge on any atom is -0.395 e. The summed E-state index contributed by atoms with van der Waals surface area (Å²) in [6.45, 7) is 18.9. The summed E-state index contributed by atoms with van der Waals surface area (Å²) in [5, 5.41) is 10.0. The van der Waals surface area contributed by atoms with Crippen LogP contribution in [0.3, 0.4) is 0 Å². The van der Waals surface area contributed by atoms with E-state index in [1.54, 1.807) is 22.0 Å². The van der Waals surface area contributed by atoms with E-state index in [-0.39, 0.29) is 41.1 Å². The van der Waals surface area contributed by atoms with E-state index >= 15 is 0 Å². The van der Waals surface area contributed by atoms with Gasteiger partial charge in [-0.05, 0) is 37.7 Å². The normalized spacial score (nSPS) is 28.5. The van der Waals surface area contributed by atoms with E-state index in [2.05, 4.69) is 49.9 Å². The van der Waals surface area contributed by atoms with Gasteiger partial charge in [0.05, 0.1) is 24.5 Å². The minimum atomic E-state index is -1.19. The smallest absolute Gasteiger partial charge is 0.249 e. The number of ether oxygens (including phenoxy) is 1. The highest BCUT2D eigenvalue weighted by molar-refractivity contribution is 9.09. The number of hydrogen-bond donors (Lipinski definition) is 1. The van der Waals surface area contributed by atoms with Gasteiger partial charge in [0.25, 0.3) is 0 Å². The highest BCUT2D eigenvalue weighted by Gasteiger charge is 2.77. The molecule has 9 heteroatoms. The molecule has 0 saturated carbocycles. The van der Waals surface area contributed by atoms with Gasteiger partial charge in [-0.3, -0.25) is 14.4 Å². The van der Waals surface area contributed by atoms with Gasteiger partial charge in [-0.2, -0.15) is 0 Å². The van der Waals surface area contributed by atoms with Gasteiger partial charge in [0, 0.05) is 36.5 Å². The van der Waals surface area contributed by atoms with E-state index in [1.165, 1.54) is 4.90 Å². The second-order valence-electron chi connectivity index (χ2n) is 13.7. The third-order valence-electron chi connectivity index (χ3n) is 8.80. The average molecular weight is 645 g/mol. The van der Waals surface area contributed by atoms with Crippen molar-refractivity contribution in [2.45, 2.75) is 82.1 Å². The third-order valence-corrected chi connectivity index (χ3v) is 9.64. The molecule has 1 aromatic rings. The molecule has 0 aliphatic carbocycles. The van der Waals surface area contributed by atoms with Crippen LogP contribution < -0.4 is 0 Å². The van der Waals surface area contributed by atoms with Gasteiger partial charge in [0.15, 0.2) is 0 Å². The number of likely N-dealkylation sites (tertiary alicyclic amines) is 1. The number of fused-ring (bicyclic) bond motifs is 1. The summed E-state index contributed by atoms with van der Waals surface area (Å²) in [6.07, 6.45) is 3.96. The first-order valence-corrected chi connectivity index (χ1v) is 15.7. The molecule has 8 nitrogen and oxygen atoms in total. The predicted molar refractivity (Wildman–Crippen MR) is 167 cm³/mol. The summed E-state index contributed by atoms with van der Waals surface area (Å²) in [4.78, 5) is 48.0. The van der Waals surface area contributed by atoms with E-state index in [9.17, 15) is 19.5 Å². The Morgan fingerprint density at radius 1 is 1.12 bits per heavy atom. The molecular formula is C33H46BrN3O5. The number of alkyl halides is 1. The SMILES string of the molecule is C=CCN(Cc1ccccc1)C(=O)[C@H]1[C@@H]2OC3(CC2Br)C(C(=O)N(CC=C)C(C)(C)CC(C)(C)C)N(CCO)C(=O)[C@H]13. The number of carbonyl (C=O) groups is 3. The van der Waals surface area contributed by atoms with Crippen molar-refractivity contribution in [3.05, 3.63) is 61.2 Å². The second-order valence-corrected chi connectivity index (χ2v) is 14.9. The van der Waals surface area contributed by atoms with E-state index in [0.29, 0.717) is 26.1 Å². The number of benzene rings is 1. The zero-order valence-electron chi connectivity index (χ0n) is 25.6. The Labute approximate surface area is 258 Å². The third kappa shape index (κ3) is 5.84. The lowest BCUT2D eigenvalue weighted by atomic mass is 9.70. The van der Waals surface area contributed by atoms with E-state index in [4.69, 9.17) is 4.74 Å². The van der Waals surface area contributed by atoms with Crippen molar-refractivity contribution in [1.82, 2.24) is 14.7 Å². The molecule has 0 aromatic heterocycles. The summed E-state index contributed by atoms with van der Waals surface area (Å²) >= 11 is 3.76. The number of rotatable bonds is 12. The number of amides is 3. The van der Waals surface area contributed by atoms with Crippen molar-refractivity contribution in [3.63, 3.8) is 0 Å². The van der Waals surface area contributed by atoms with Crippen molar-refractivity contribution in [2.24, 2.45) is 17.3 Å². The van der Waals surface area contributed by atoms with Crippen molar-refractivity contribution in [1.29, 1.82) is 0 Å². The van der Waals surface area contributed by atoms with Gasteiger partial charge >= 0.3 is 0 Å². The molecule has 0 radical (unpaired) electrons. The van der Waals surface area contributed by atoms with E-state index < -0.39 is 35.1 Å². The molecule has 6 atom stereocenters. The number of nitrogens with zero attached hydrogens (tertiary/aromatic N) is 3. The molecule has 3 saturated heterocycles. The number of aliphatic hydroxyl groups excluding tert-OH is 1. The maximum absolute atomic E-state index is 14.7. The van der Waals surface area contributed by atoms with Crippen LogP contribution in [-0.2, 0) is 25.7 Å². The van der Waals surface area contributed by atoms with Crippen LogP contribution in [0.5, 0.6) is 0 Å². The van der Waals surface area contributed by atoms with Crippen LogP contribution in [0.1, 0.15) is 53.0 Å². The van der Waals surface area contributed by atoms with Crippen LogP contribution in [0.2, 0.25) is 0 Å². The first-order chi connectivity index (χ1) is 19.7. The zero-order chi connectivity index (χ0) is 31.0. The minimum absolute atomic E-state index is 0.0165. The first kappa shape index (κ1) is 32.4. The summed E-state index contributed by atoms with van der Waals surface area (Å²) < 4.78 is 6.69. The summed E-state index contributed by atoms with van der Waals surface area (Å²) in [6, 6.07) is 8.73. The summed E-state index contributed by atoms with van der Waals surface area (Å²) in [5.74, 6) is -2.35. The average Bonchev–Trinajstić information content (AvgIpc) is 3.49. The number of carbonyl (C=O) groups excluding carboxylic acids is 3. The first-order valence-electron chi connectivity index (χ1n) is 14.8. The van der Waals surface area contributed by atoms with Gasteiger partial charge in [0.1, 0.15) is 11.6 Å². The Balaban J connectivity index is 1.75. The Morgan fingerprint density at radius 3 is 2.33 bits per heavy atom. The standard InChI is InChI=1S/C33H46BrN3O5/c1-8-15-35(20-22-13-11-10-12-14-22)28(39)24-25-29(40)36(17-18-38)27(33(25)19-23(34)26(24)42-33)30(41)37(16-9-2)32(6,7)21-31(3,4)5/h8-14,23-27,38H,1-2,15-21H2,3-7H3/t23?,24-,25+,26-,27?,33?/m1/s1. The molecular weight excluding hydrogens is 598 g/mol. The molecule has 3 amide bonds. The van der Waals surface area contributed by atoms with Gasteiger partial charge in [0.2, 0.25) is 17.7 Å². The molecule has 3 unspecified atom stereocenters. The molecule has 2 bridgehead atoms. The predicted octanol–water partition coefficient (Wildman–Crippen LogP) is 4.17. The molecule has 230 valence electrons. The quantitative estimate of drug-likeness (QED) is 0.273. The van der Waals surface area contributed by atoms with E-state index in [1.807, 2.05) is 44.2 Å². The molecule has 1 N–H and O–H groups in total. The Kier molecular flexibility index (Phi) is 9.46. The molecule has 42 heavy (non-hydrogen) atoms. The van der Waals surface area contributed by atoms with Crippen molar-refractivity contribution < 1.29 is 24.2 Å². The molecule has 4 rings (SSSR count). The molecule has 1 aromatic carbocycles. The topological polar surface area (TPSA) is 90.4 Å². The van der Waals surface area contributed by atoms with Gasteiger partial charge in [-0.1, -0.05) is 79.2 Å². The zero-order valence-corrected chi connectivity index (χ0v) is 27.2. The van der Waals surface area contributed by atoms with Crippen molar-refractivity contribution >= 4 is 33.7 Å². The lowest BCUT2D eigenvalue weighted by Gasteiger charge is -2.45. The molecule has 3 fully saturated rings. The maximum atomic E-state index is 14.7. The Morgan fingerprint density at radius 2 is 1.76 bits per heavy atom. The van der Waals surface area contributed by atoms with Crippen LogP contribution in [0.4, 0.5) is 0 Å². The molecule has 3 aliphatic rings. The maximum Gasteiger partial charge on any atom is 0.249 e. The Bertz CT molecular complexity index is 1200. The second kappa shape index (κ2) is 12.2. The summed E-state index contributed by atoms with van der Waals surface area (Å²) in [5.41, 5.74) is -0.834. The number of β-amino-alcohol motifs (C(OH)–C–C–N with tert-alkyl or cyclic N) is 1. The van der Waals surface area contributed by atoms with Gasteiger partial charge in [-0.15, -0.1) is 13.2 Å². The van der Waals surface area contributed by atoms with Crippen LogP contribution in [0.15, 0.2) is 55.6 Å². The highest BCUT2D eigenvalue weighted by atomic mass is 79.9. The number of halogens is 1. The lowest BCUT2D eigenvalue weighted by Crippen LogP contribution is -2.61. The number of aliphatic hydroxyl groups is 1. The fourth-order valence-corrected chi connectivity index (χ4v) is 8.69. The highest BCUT2D eigenvalue weighted by Crippen LogP contribution is 2.60. The summed E-state index contributed by atoms with van der Waals surface area (Å²) in [7, 11) is 0. The van der Waals surface area contributed by atoms with Crippen LogP contribution >= 0.6 is 15.9 Å². The molecule has 3 heterocycles. The number of hydrogen-bond acceptors (Lipinski definition) is 5. The van der Waals surface area contributed by atoms with Crippen LogP contribution in [-0.4, -0.2) is 91.9 Å². The monoisotopic (exact) mass is 643 g/mol. The van der Waals surface area contributed by atoms with Gasteiger partial charge in [-0.25, -0.2) is 0 Å². The molecule has 1 spiro atoms. The van der Waals surface area contributed by atoms with Gasteiger partial charge < -0.3 is 24.5 Å². The van der Waals surface area contributed by atoms with Crippen molar-refractivity contribution in [3.8, 4) is 0 Å².